The van der Waals surface area contributed by atoms with E-state index < -0.39 is 0 Å². The maximum Gasteiger partial charge on any atom is 0.168 e. The zero-order valence-corrected chi connectivity index (χ0v) is 11.0. The lowest BCUT2D eigenvalue weighted by Crippen LogP contribution is -2.27. The Labute approximate surface area is 113 Å². The van der Waals surface area contributed by atoms with Gasteiger partial charge in [-0.25, -0.2) is 4.57 Å². The van der Waals surface area contributed by atoms with Gasteiger partial charge in [-0.05, 0) is 21.9 Å². The maximum absolute atomic E-state index is 6.42. The highest BCUT2D eigenvalue weighted by Gasteiger charge is 2.12. The molecule has 0 spiro atoms. The second kappa shape index (κ2) is 4.82. The fourth-order valence-electron chi connectivity index (χ4n) is 2.42. The van der Waals surface area contributed by atoms with Gasteiger partial charge in [-0.2, -0.15) is 0 Å². The van der Waals surface area contributed by atoms with Crippen molar-refractivity contribution in [1.29, 1.82) is 0 Å². The molecule has 0 aliphatic carbocycles. The van der Waals surface area contributed by atoms with E-state index in [2.05, 4.69) is 54.6 Å². The summed E-state index contributed by atoms with van der Waals surface area (Å²) < 4.78 is 2.01. The van der Waals surface area contributed by atoms with Crippen LogP contribution in [0.5, 0.6) is 0 Å². The van der Waals surface area contributed by atoms with Crippen LogP contribution in [0.2, 0.25) is 0 Å². The Morgan fingerprint density at radius 2 is 1.58 bits per heavy atom. The number of nitrogens with two attached hydrogens (primary N) is 1. The Bertz CT molecular complexity index is 697. The first-order valence-electron chi connectivity index (χ1n) is 6.44. The van der Waals surface area contributed by atoms with Gasteiger partial charge in [-0.1, -0.05) is 42.5 Å². The monoisotopic (exact) mass is 249 g/mol. The predicted molar refractivity (Wildman–Crippen MR) is 77.6 cm³/mol. The Hall–Kier alpha value is -2.19. The number of benzene rings is 2. The van der Waals surface area contributed by atoms with E-state index in [1.807, 2.05) is 24.0 Å². The van der Waals surface area contributed by atoms with Gasteiger partial charge in [-0.3, -0.25) is 0 Å². The standard InChI is InChI=1S/C17H17N2/c1-19-11-9-14(10-12-19)17(18)16-8-4-6-13-5-2-3-7-15(13)16/h2-12,17H,18H2,1H3/q+1. The number of aromatic nitrogens is 1. The van der Waals surface area contributed by atoms with E-state index in [1.54, 1.807) is 0 Å². The Morgan fingerprint density at radius 1 is 0.895 bits per heavy atom. The largest absolute Gasteiger partial charge is 0.320 e. The minimum atomic E-state index is -0.0905. The molecular formula is C17H17N2+. The van der Waals surface area contributed by atoms with Crippen molar-refractivity contribution in [2.24, 2.45) is 12.8 Å². The second-order valence-corrected chi connectivity index (χ2v) is 4.84. The van der Waals surface area contributed by atoms with Crippen molar-refractivity contribution < 1.29 is 4.57 Å². The van der Waals surface area contributed by atoms with Crippen molar-refractivity contribution in [2.75, 3.05) is 0 Å². The van der Waals surface area contributed by atoms with Crippen molar-refractivity contribution in [1.82, 2.24) is 0 Å². The summed E-state index contributed by atoms with van der Waals surface area (Å²) in [7, 11) is 2.01. The lowest BCUT2D eigenvalue weighted by atomic mass is 9.95. The van der Waals surface area contributed by atoms with E-state index in [0.717, 1.165) is 5.56 Å². The van der Waals surface area contributed by atoms with Crippen LogP contribution in [-0.4, -0.2) is 0 Å². The number of aryl methyl sites for hydroxylation is 1. The summed E-state index contributed by atoms with van der Waals surface area (Å²) in [6.07, 6.45) is 4.06. The summed E-state index contributed by atoms with van der Waals surface area (Å²) in [5.41, 5.74) is 8.73. The molecule has 0 aliphatic rings. The van der Waals surface area contributed by atoms with E-state index in [-0.39, 0.29) is 6.04 Å². The Balaban J connectivity index is 2.11. The van der Waals surface area contributed by atoms with Gasteiger partial charge in [0.1, 0.15) is 7.05 Å². The molecule has 1 heterocycles. The molecule has 0 bridgehead atoms. The molecule has 2 N–H and O–H groups in total. The lowest BCUT2D eigenvalue weighted by Gasteiger charge is -2.14. The molecule has 0 saturated carbocycles. The molecule has 1 unspecified atom stereocenters. The fourth-order valence-corrected chi connectivity index (χ4v) is 2.42. The first kappa shape index (κ1) is 11.9. The van der Waals surface area contributed by atoms with Gasteiger partial charge in [0.05, 0.1) is 6.04 Å². The van der Waals surface area contributed by atoms with Crippen LogP contribution in [0.25, 0.3) is 10.8 Å². The third-order valence-electron chi connectivity index (χ3n) is 3.52. The minimum absolute atomic E-state index is 0.0905. The number of hydrogen-bond donors (Lipinski definition) is 1. The molecule has 2 aromatic carbocycles. The average Bonchev–Trinajstić information content (AvgIpc) is 2.47. The molecule has 0 fully saturated rings. The fraction of sp³-hybridized carbons (Fsp3) is 0.118. The highest BCUT2D eigenvalue weighted by atomic mass is 14.9. The zero-order chi connectivity index (χ0) is 13.2. The van der Waals surface area contributed by atoms with Crippen LogP contribution in [0.15, 0.2) is 67.0 Å². The number of hydrogen-bond acceptors (Lipinski definition) is 1. The molecule has 19 heavy (non-hydrogen) atoms. The average molecular weight is 249 g/mol. The van der Waals surface area contributed by atoms with Crippen LogP contribution in [0.4, 0.5) is 0 Å². The van der Waals surface area contributed by atoms with Crippen molar-refractivity contribution in [3.63, 3.8) is 0 Å². The van der Waals surface area contributed by atoms with Crippen LogP contribution in [-0.2, 0) is 7.05 Å². The summed E-state index contributed by atoms with van der Waals surface area (Å²) in [5.74, 6) is 0. The molecule has 94 valence electrons. The van der Waals surface area contributed by atoms with Gasteiger partial charge in [-0.15, -0.1) is 0 Å². The van der Waals surface area contributed by atoms with Crippen molar-refractivity contribution in [3.05, 3.63) is 78.1 Å². The van der Waals surface area contributed by atoms with Crippen LogP contribution < -0.4 is 10.3 Å². The number of nitrogens with zero attached hydrogens (tertiary/aromatic N) is 1. The molecule has 1 aromatic heterocycles. The number of rotatable bonds is 2. The molecule has 3 rings (SSSR count). The van der Waals surface area contributed by atoms with Crippen LogP contribution in [0, 0.1) is 0 Å². The SMILES string of the molecule is C[n+]1ccc(C(N)c2cccc3ccccc23)cc1. The quantitative estimate of drug-likeness (QED) is 0.695. The molecule has 0 radical (unpaired) electrons. The summed E-state index contributed by atoms with van der Waals surface area (Å²) in [4.78, 5) is 0. The predicted octanol–water partition coefficient (Wildman–Crippen LogP) is 2.71. The van der Waals surface area contributed by atoms with Gasteiger partial charge in [0, 0.05) is 12.1 Å². The highest BCUT2D eigenvalue weighted by Crippen LogP contribution is 2.26. The topological polar surface area (TPSA) is 29.9 Å². The first-order chi connectivity index (χ1) is 9.25. The van der Waals surface area contributed by atoms with Gasteiger partial charge < -0.3 is 5.73 Å². The summed E-state index contributed by atoms with van der Waals surface area (Å²) in [5, 5.41) is 2.46. The summed E-state index contributed by atoms with van der Waals surface area (Å²) >= 11 is 0. The second-order valence-electron chi connectivity index (χ2n) is 4.84. The summed E-state index contributed by atoms with van der Waals surface area (Å²) in [6.45, 7) is 0. The minimum Gasteiger partial charge on any atom is -0.320 e. The van der Waals surface area contributed by atoms with Crippen LogP contribution in [0.1, 0.15) is 17.2 Å². The third kappa shape index (κ3) is 2.23. The molecular weight excluding hydrogens is 232 g/mol. The van der Waals surface area contributed by atoms with Gasteiger partial charge >= 0.3 is 0 Å². The van der Waals surface area contributed by atoms with Gasteiger partial charge in [0.15, 0.2) is 12.4 Å². The van der Waals surface area contributed by atoms with E-state index in [0.29, 0.717) is 0 Å². The smallest absolute Gasteiger partial charge is 0.168 e. The van der Waals surface area contributed by atoms with Gasteiger partial charge in [0.2, 0.25) is 0 Å². The first-order valence-corrected chi connectivity index (χ1v) is 6.44. The van der Waals surface area contributed by atoms with E-state index >= 15 is 0 Å². The highest BCUT2D eigenvalue weighted by molar-refractivity contribution is 5.86. The summed E-state index contributed by atoms with van der Waals surface area (Å²) in [6, 6.07) is 18.7. The van der Waals surface area contributed by atoms with Crippen molar-refractivity contribution >= 4 is 10.8 Å². The molecule has 2 heteroatoms. The molecule has 0 aliphatic heterocycles. The lowest BCUT2D eigenvalue weighted by molar-refractivity contribution is -0.671. The Kier molecular flexibility index (Phi) is 3.02. The van der Waals surface area contributed by atoms with Gasteiger partial charge in [0.25, 0.3) is 0 Å². The maximum atomic E-state index is 6.42. The van der Waals surface area contributed by atoms with E-state index in [4.69, 9.17) is 5.73 Å². The molecule has 1 atom stereocenters. The Morgan fingerprint density at radius 3 is 2.37 bits per heavy atom. The normalized spacial score (nSPS) is 12.5. The van der Waals surface area contributed by atoms with Crippen LogP contribution >= 0.6 is 0 Å². The van der Waals surface area contributed by atoms with E-state index in [9.17, 15) is 0 Å². The molecule has 0 saturated heterocycles. The molecule has 0 amide bonds. The third-order valence-corrected chi connectivity index (χ3v) is 3.52. The molecule has 2 nitrogen and oxygen atoms in total. The number of pyridine rings is 1. The van der Waals surface area contributed by atoms with Crippen molar-refractivity contribution in [3.8, 4) is 0 Å². The number of fused-ring (bicyclic) bond motifs is 1. The van der Waals surface area contributed by atoms with Crippen molar-refractivity contribution in [2.45, 2.75) is 6.04 Å². The van der Waals surface area contributed by atoms with Crippen LogP contribution in [0.3, 0.4) is 0 Å². The molecule has 3 aromatic rings. The zero-order valence-electron chi connectivity index (χ0n) is 11.0. The van der Waals surface area contributed by atoms with E-state index in [1.165, 1.54) is 16.3 Å².